The molecule has 0 aliphatic rings. The average Bonchev–Trinajstić information content (AvgIpc) is 2.00. The van der Waals surface area contributed by atoms with Gasteiger partial charge in [-0.2, -0.15) is 0 Å². The molecule has 0 rings (SSSR count). The van der Waals surface area contributed by atoms with E-state index in [1.807, 2.05) is 0 Å². The maximum Gasteiger partial charge on any atom is 0.211 e. The summed E-state index contributed by atoms with van der Waals surface area (Å²) in [6, 6.07) is 0. The predicted molar refractivity (Wildman–Crippen MR) is 53.4 cm³/mol. The van der Waals surface area contributed by atoms with Crippen molar-refractivity contribution in [3.8, 4) is 0 Å². The summed E-state index contributed by atoms with van der Waals surface area (Å²) in [5.41, 5.74) is 0. The molecule has 0 aliphatic carbocycles. The van der Waals surface area contributed by atoms with Crippen LogP contribution in [-0.2, 0) is 10.0 Å². The third-order valence-corrected chi connectivity index (χ3v) is 3.51. The van der Waals surface area contributed by atoms with E-state index in [9.17, 15) is 8.42 Å². The first-order valence-corrected chi connectivity index (χ1v) is 6.27. The topological polar surface area (TPSA) is 66.4 Å². The van der Waals surface area contributed by atoms with E-state index in [2.05, 4.69) is 4.72 Å². The monoisotopic (exact) mass is 229 g/mol. The van der Waals surface area contributed by atoms with Crippen LogP contribution < -0.4 is 4.72 Å². The van der Waals surface area contributed by atoms with Crippen LogP contribution in [0.15, 0.2) is 0 Å². The lowest BCUT2D eigenvalue weighted by Gasteiger charge is -2.10. The summed E-state index contributed by atoms with van der Waals surface area (Å²) in [6.07, 6.45) is -0.666. The summed E-state index contributed by atoms with van der Waals surface area (Å²) in [5, 5.41) is 8.85. The lowest BCUT2D eigenvalue weighted by molar-refractivity contribution is 0.198. The summed E-state index contributed by atoms with van der Waals surface area (Å²) < 4.78 is 24.7. The summed E-state index contributed by atoms with van der Waals surface area (Å²) >= 11 is 5.48. The molecule has 4 nitrogen and oxygen atoms in total. The van der Waals surface area contributed by atoms with E-state index in [0.717, 1.165) is 0 Å². The molecule has 0 aromatic rings. The Labute approximate surface area is 84.3 Å². The highest BCUT2D eigenvalue weighted by molar-refractivity contribution is 7.89. The van der Waals surface area contributed by atoms with Crippen molar-refractivity contribution in [3.63, 3.8) is 0 Å². The van der Waals surface area contributed by atoms with E-state index < -0.39 is 16.1 Å². The normalized spacial score (nSPS) is 16.9. The Bertz CT molecular complexity index is 228. The van der Waals surface area contributed by atoms with Gasteiger partial charge in [-0.05, 0) is 12.8 Å². The minimum absolute atomic E-state index is 0.00319. The Morgan fingerprint density at radius 3 is 2.38 bits per heavy atom. The first kappa shape index (κ1) is 13.2. The molecule has 13 heavy (non-hydrogen) atoms. The van der Waals surface area contributed by atoms with E-state index >= 15 is 0 Å². The Balaban J connectivity index is 3.95. The first-order chi connectivity index (χ1) is 5.87. The van der Waals surface area contributed by atoms with Crippen molar-refractivity contribution >= 4 is 21.6 Å². The zero-order chi connectivity index (χ0) is 10.5. The van der Waals surface area contributed by atoms with Gasteiger partial charge in [0.2, 0.25) is 10.0 Å². The van der Waals surface area contributed by atoms with Gasteiger partial charge in [0.1, 0.15) is 0 Å². The molecular formula is C7H16ClNO3S. The third-order valence-electron chi connectivity index (χ3n) is 1.37. The number of nitrogens with one attached hydrogen (secondary N) is 1. The van der Waals surface area contributed by atoms with Crippen molar-refractivity contribution in [1.82, 2.24) is 4.72 Å². The van der Waals surface area contributed by atoms with Crippen molar-refractivity contribution in [2.45, 2.75) is 20.0 Å². The molecule has 0 aromatic carbocycles. The summed E-state index contributed by atoms with van der Waals surface area (Å²) in [6.45, 7) is 3.33. The highest BCUT2D eigenvalue weighted by Gasteiger charge is 2.14. The molecule has 0 aromatic heterocycles. The van der Waals surface area contributed by atoms with Crippen LogP contribution in [-0.4, -0.2) is 37.8 Å². The van der Waals surface area contributed by atoms with Crippen molar-refractivity contribution in [1.29, 1.82) is 0 Å². The molecule has 6 heteroatoms. The number of hydrogen-bond acceptors (Lipinski definition) is 3. The zero-order valence-electron chi connectivity index (χ0n) is 7.83. The number of alkyl halides is 1. The van der Waals surface area contributed by atoms with E-state index in [4.69, 9.17) is 16.7 Å². The molecule has 0 spiro atoms. The summed E-state index contributed by atoms with van der Waals surface area (Å²) in [7, 11) is -3.28. The highest BCUT2D eigenvalue weighted by Crippen LogP contribution is 2.01. The standard InChI is InChI=1S/C7H16ClNO3S/c1-6(3-8)5-13(11,12)9-4-7(2)10/h6-7,9-10H,3-5H2,1-2H3/t6?,7-/m0/s1. The maximum atomic E-state index is 11.2. The van der Waals surface area contributed by atoms with Crippen molar-refractivity contribution in [3.05, 3.63) is 0 Å². The van der Waals surface area contributed by atoms with E-state index in [1.165, 1.54) is 6.92 Å². The number of sulfonamides is 1. The molecule has 0 saturated heterocycles. The van der Waals surface area contributed by atoms with Gasteiger partial charge >= 0.3 is 0 Å². The lowest BCUT2D eigenvalue weighted by Crippen LogP contribution is -2.34. The molecule has 0 heterocycles. The molecule has 2 N–H and O–H groups in total. The highest BCUT2D eigenvalue weighted by atomic mass is 35.5. The zero-order valence-corrected chi connectivity index (χ0v) is 9.40. The van der Waals surface area contributed by atoms with Crippen LogP contribution in [0.3, 0.4) is 0 Å². The molecule has 0 saturated carbocycles. The molecule has 0 amide bonds. The molecule has 0 radical (unpaired) electrons. The van der Waals surface area contributed by atoms with Crippen LogP contribution in [0.4, 0.5) is 0 Å². The number of aliphatic hydroxyl groups excluding tert-OH is 1. The number of halogens is 1. The second-order valence-electron chi connectivity index (χ2n) is 3.24. The third kappa shape index (κ3) is 7.25. The van der Waals surface area contributed by atoms with Crippen molar-refractivity contribution in [2.75, 3.05) is 18.2 Å². The maximum absolute atomic E-state index is 11.2. The minimum Gasteiger partial charge on any atom is -0.392 e. The van der Waals surface area contributed by atoms with E-state index in [1.54, 1.807) is 6.92 Å². The van der Waals surface area contributed by atoms with Gasteiger partial charge in [-0.1, -0.05) is 6.92 Å². The summed E-state index contributed by atoms with van der Waals surface area (Å²) in [4.78, 5) is 0. The Morgan fingerprint density at radius 2 is 2.00 bits per heavy atom. The Morgan fingerprint density at radius 1 is 1.46 bits per heavy atom. The van der Waals surface area contributed by atoms with Crippen LogP contribution in [0.1, 0.15) is 13.8 Å². The first-order valence-electron chi connectivity index (χ1n) is 4.08. The Kier molecular flexibility index (Phi) is 5.87. The van der Waals surface area contributed by atoms with Gasteiger partial charge in [0.25, 0.3) is 0 Å². The quantitative estimate of drug-likeness (QED) is 0.638. The number of aliphatic hydroxyl groups is 1. The minimum atomic E-state index is -3.28. The fourth-order valence-corrected chi connectivity index (χ4v) is 2.44. The molecular weight excluding hydrogens is 214 g/mol. The fraction of sp³-hybridized carbons (Fsp3) is 1.00. The molecule has 80 valence electrons. The summed E-state index contributed by atoms with van der Waals surface area (Å²) in [5.74, 6) is 0.242. The molecule has 0 aliphatic heterocycles. The van der Waals surface area contributed by atoms with Crippen LogP contribution in [0.25, 0.3) is 0 Å². The largest absolute Gasteiger partial charge is 0.392 e. The van der Waals surface area contributed by atoms with Crippen molar-refractivity contribution < 1.29 is 13.5 Å². The van der Waals surface area contributed by atoms with Crippen LogP contribution in [0, 0.1) is 5.92 Å². The van der Waals surface area contributed by atoms with Gasteiger partial charge in [0.05, 0.1) is 11.9 Å². The van der Waals surface area contributed by atoms with Crippen LogP contribution >= 0.6 is 11.6 Å². The second kappa shape index (κ2) is 5.80. The van der Waals surface area contributed by atoms with Crippen molar-refractivity contribution in [2.24, 2.45) is 5.92 Å². The van der Waals surface area contributed by atoms with Gasteiger partial charge in [0.15, 0.2) is 0 Å². The number of hydrogen-bond donors (Lipinski definition) is 2. The van der Waals surface area contributed by atoms with E-state index in [0.29, 0.717) is 5.88 Å². The lowest BCUT2D eigenvalue weighted by atomic mass is 10.3. The van der Waals surface area contributed by atoms with Gasteiger partial charge in [-0.25, -0.2) is 13.1 Å². The molecule has 2 atom stereocenters. The van der Waals surface area contributed by atoms with Gasteiger partial charge < -0.3 is 5.11 Å². The Hall–Kier alpha value is 0.160. The predicted octanol–water partition coefficient (Wildman–Crippen LogP) is 0.161. The molecule has 0 bridgehead atoms. The van der Waals surface area contributed by atoms with Gasteiger partial charge in [-0.3, -0.25) is 0 Å². The average molecular weight is 230 g/mol. The molecule has 1 unspecified atom stereocenters. The van der Waals surface area contributed by atoms with Crippen LogP contribution in [0.5, 0.6) is 0 Å². The van der Waals surface area contributed by atoms with Gasteiger partial charge in [0, 0.05) is 12.4 Å². The molecule has 0 fully saturated rings. The second-order valence-corrected chi connectivity index (χ2v) is 5.40. The smallest absolute Gasteiger partial charge is 0.211 e. The van der Waals surface area contributed by atoms with Crippen LogP contribution in [0.2, 0.25) is 0 Å². The van der Waals surface area contributed by atoms with E-state index in [-0.39, 0.29) is 18.2 Å². The van der Waals surface area contributed by atoms with Gasteiger partial charge in [-0.15, -0.1) is 11.6 Å². The SMILES string of the molecule is CC(CCl)CS(=O)(=O)NC[C@H](C)O. The number of rotatable bonds is 6. The fourth-order valence-electron chi connectivity index (χ4n) is 0.726.